The summed E-state index contributed by atoms with van der Waals surface area (Å²) in [6, 6.07) is 9.88. The van der Waals surface area contributed by atoms with Gasteiger partial charge in [0, 0.05) is 46.5 Å². The van der Waals surface area contributed by atoms with Crippen molar-refractivity contribution >= 4 is 38.3 Å². The van der Waals surface area contributed by atoms with Crippen LogP contribution in [0.3, 0.4) is 0 Å². The van der Waals surface area contributed by atoms with Crippen molar-refractivity contribution in [2.75, 3.05) is 45.7 Å². The lowest BCUT2D eigenvalue weighted by molar-refractivity contribution is -0.135. The fraction of sp³-hybridized carbons (Fsp3) is 0.500. The van der Waals surface area contributed by atoms with Crippen molar-refractivity contribution in [1.29, 1.82) is 0 Å². The summed E-state index contributed by atoms with van der Waals surface area (Å²) in [5.74, 6) is -0.284. The van der Waals surface area contributed by atoms with E-state index in [-0.39, 0.29) is 29.3 Å². The van der Waals surface area contributed by atoms with Gasteiger partial charge in [-0.1, -0.05) is 12.1 Å². The Bertz CT molecular complexity index is 1160. The normalized spacial score (nSPS) is 15.7. The number of amides is 1. The van der Waals surface area contributed by atoms with Gasteiger partial charge >= 0.3 is 0 Å². The number of sulfonamides is 1. The van der Waals surface area contributed by atoms with Crippen LogP contribution in [-0.4, -0.2) is 78.2 Å². The SMILES string of the molecule is COC1CCN(C(=O)[C@H](CCCN=C(N)N)NS(=O)(=O)c2ccc3cc(N(C)C)ccc3c2)CC1. The molecule has 1 fully saturated rings. The zero-order chi connectivity index (χ0) is 25.6. The minimum atomic E-state index is -3.95. The third kappa shape index (κ3) is 7.06. The number of hydrogen-bond donors (Lipinski definition) is 3. The molecule has 0 aliphatic carbocycles. The predicted octanol–water partition coefficient (Wildman–Crippen LogP) is 1.24. The molecule has 0 bridgehead atoms. The molecule has 1 atom stereocenters. The third-order valence-electron chi connectivity index (χ3n) is 6.25. The van der Waals surface area contributed by atoms with Crippen LogP contribution in [0.1, 0.15) is 25.7 Å². The van der Waals surface area contributed by atoms with Gasteiger partial charge in [-0.05, 0) is 60.7 Å². The summed E-state index contributed by atoms with van der Waals surface area (Å²) in [6.45, 7) is 1.35. The number of nitrogens with zero attached hydrogens (tertiary/aromatic N) is 3. The molecule has 1 saturated heterocycles. The average molecular weight is 505 g/mol. The fourth-order valence-electron chi connectivity index (χ4n) is 4.18. The van der Waals surface area contributed by atoms with Gasteiger partial charge in [-0.3, -0.25) is 9.79 Å². The number of benzene rings is 2. The van der Waals surface area contributed by atoms with E-state index in [9.17, 15) is 13.2 Å². The summed E-state index contributed by atoms with van der Waals surface area (Å²) < 4.78 is 34.7. The first-order chi connectivity index (χ1) is 16.6. The Morgan fingerprint density at radius 2 is 1.83 bits per heavy atom. The molecule has 11 heteroatoms. The van der Waals surface area contributed by atoms with Crippen LogP contribution in [0.4, 0.5) is 5.69 Å². The molecule has 0 radical (unpaired) electrons. The summed E-state index contributed by atoms with van der Waals surface area (Å²) in [7, 11) is 1.61. The molecule has 10 nitrogen and oxygen atoms in total. The molecule has 35 heavy (non-hydrogen) atoms. The van der Waals surface area contributed by atoms with Gasteiger partial charge in [0.15, 0.2) is 5.96 Å². The summed E-state index contributed by atoms with van der Waals surface area (Å²) in [5.41, 5.74) is 11.8. The van der Waals surface area contributed by atoms with E-state index in [4.69, 9.17) is 16.2 Å². The molecular formula is C24H36N6O4S. The topological polar surface area (TPSA) is 143 Å². The third-order valence-corrected chi connectivity index (χ3v) is 7.72. The number of ether oxygens (including phenoxy) is 1. The van der Waals surface area contributed by atoms with Gasteiger partial charge in [0.05, 0.1) is 11.0 Å². The van der Waals surface area contributed by atoms with Crippen molar-refractivity contribution in [3.63, 3.8) is 0 Å². The second-order valence-corrected chi connectivity index (χ2v) is 10.7. The number of hydrogen-bond acceptors (Lipinski definition) is 6. The number of anilines is 1. The van der Waals surface area contributed by atoms with Crippen LogP contribution in [0.2, 0.25) is 0 Å². The van der Waals surface area contributed by atoms with E-state index in [1.165, 1.54) is 0 Å². The number of carbonyl (C=O) groups is 1. The molecule has 5 N–H and O–H groups in total. The molecule has 0 saturated carbocycles. The Hall–Kier alpha value is -2.89. The van der Waals surface area contributed by atoms with E-state index in [1.54, 1.807) is 30.2 Å². The van der Waals surface area contributed by atoms with Crippen molar-refractivity contribution in [2.24, 2.45) is 16.5 Å². The van der Waals surface area contributed by atoms with Gasteiger partial charge < -0.3 is 26.0 Å². The maximum absolute atomic E-state index is 13.3. The molecule has 192 valence electrons. The van der Waals surface area contributed by atoms with Crippen LogP contribution in [-0.2, 0) is 19.6 Å². The van der Waals surface area contributed by atoms with Crippen LogP contribution < -0.4 is 21.1 Å². The highest BCUT2D eigenvalue weighted by Crippen LogP contribution is 2.24. The smallest absolute Gasteiger partial charge is 0.241 e. The highest BCUT2D eigenvalue weighted by Gasteiger charge is 2.31. The number of carbonyl (C=O) groups excluding carboxylic acids is 1. The molecule has 1 aliphatic rings. The van der Waals surface area contributed by atoms with Crippen LogP contribution in [0.5, 0.6) is 0 Å². The quantitative estimate of drug-likeness (QED) is 0.251. The van der Waals surface area contributed by atoms with E-state index in [0.29, 0.717) is 26.1 Å². The standard InChI is InChI=1S/C24H36N6O4S/c1-29(2)19-8-6-18-16-21(9-7-17(18)15-19)35(32,33)28-22(5-4-12-27-24(25)26)23(31)30-13-10-20(34-3)11-14-30/h6-9,15-16,20,22,28H,4-5,10-14H2,1-3H3,(H4,25,26,27)/t22-/m0/s1. The lowest BCUT2D eigenvalue weighted by Gasteiger charge is -2.33. The molecule has 0 unspecified atom stereocenters. The molecule has 2 aromatic rings. The fourth-order valence-corrected chi connectivity index (χ4v) is 5.44. The largest absolute Gasteiger partial charge is 0.381 e. The Kier molecular flexibility index (Phi) is 8.92. The van der Waals surface area contributed by atoms with Crippen molar-refractivity contribution in [2.45, 2.75) is 42.7 Å². The van der Waals surface area contributed by atoms with Crippen LogP contribution in [0.25, 0.3) is 10.8 Å². The first-order valence-electron chi connectivity index (χ1n) is 11.7. The predicted molar refractivity (Wildman–Crippen MR) is 139 cm³/mol. The van der Waals surface area contributed by atoms with Crippen molar-refractivity contribution in [1.82, 2.24) is 9.62 Å². The minimum Gasteiger partial charge on any atom is -0.381 e. The number of nitrogens with two attached hydrogens (primary N) is 2. The number of fused-ring (bicyclic) bond motifs is 1. The minimum absolute atomic E-state index is 0.0383. The maximum Gasteiger partial charge on any atom is 0.241 e. The first-order valence-corrected chi connectivity index (χ1v) is 13.2. The Balaban J connectivity index is 1.80. The summed E-state index contributed by atoms with van der Waals surface area (Å²) in [5, 5.41) is 1.73. The average Bonchev–Trinajstić information content (AvgIpc) is 2.84. The van der Waals surface area contributed by atoms with Crippen LogP contribution >= 0.6 is 0 Å². The van der Waals surface area contributed by atoms with Gasteiger partial charge in [-0.15, -0.1) is 0 Å². The zero-order valence-corrected chi connectivity index (χ0v) is 21.4. The molecule has 1 amide bonds. The monoisotopic (exact) mass is 504 g/mol. The van der Waals surface area contributed by atoms with E-state index in [0.717, 1.165) is 29.3 Å². The number of likely N-dealkylation sites (tertiary alicyclic amines) is 1. The van der Waals surface area contributed by atoms with E-state index < -0.39 is 16.1 Å². The van der Waals surface area contributed by atoms with Gasteiger partial charge in [0.25, 0.3) is 0 Å². The lowest BCUT2D eigenvalue weighted by Crippen LogP contribution is -2.51. The Morgan fingerprint density at radius 3 is 2.46 bits per heavy atom. The number of piperidine rings is 1. The number of methoxy groups -OCH3 is 1. The first kappa shape index (κ1) is 26.7. The lowest BCUT2D eigenvalue weighted by atomic mass is 10.1. The molecule has 1 aliphatic heterocycles. The molecular weight excluding hydrogens is 468 g/mol. The maximum atomic E-state index is 13.3. The Labute approximate surface area is 207 Å². The zero-order valence-electron chi connectivity index (χ0n) is 20.6. The van der Waals surface area contributed by atoms with Crippen LogP contribution in [0.15, 0.2) is 46.3 Å². The summed E-state index contributed by atoms with van der Waals surface area (Å²) >= 11 is 0. The van der Waals surface area contributed by atoms with Gasteiger partial charge in [-0.25, -0.2) is 8.42 Å². The number of guanidine groups is 1. The highest BCUT2D eigenvalue weighted by atomic mass is 32.2. The van der Waals surface area contributed by atoms with Crippen molar-refractivity contribution in [3.05, 3.63) is 36.4 Å². The van der Waals surface area contributed by atoms with E-state index in [2.05, 4.69) is 9.71 Å². The van der Waals surface area contributed by atoms with Crippen molar-refractivity contribution in [3.8, 4) is 0 Å². The summed E-state index contributed by atoms with van der Waals surface area (Å²) in [6.07, 6.45) is 2.28. The second-order valence-electron chi connectivity index (χ2n) is 8.97. The molecule has 0 spiro atoms. The Morgan fingerprint density at radius 1 is 1.17 bits per heavy atom. The van der Waals surface area contributed by atoms with Crippen molar-refractivity contribution < 1.29 is 17.9 Å². The second kappa shape index (κ2) is 11.7. The van der Waals surface area contributed by atoms with Gasteiger partial charge in [0.2, 0.25) is 15.9 Å². The van der Waals surface area contributed by atoms with Crippen LogP contribution in [0, 0.1) is 0 Å². The summed E-state index contributed by atoms with van der Waals surface area (Å²) in [4.78, 5) is 21.1. The molecule has 0 aromatic heterocycles. The molecule has 2 aromatic carbocycles. The van der Waals surface area contributed by atoms with E-state index >= 15 is 0 Å². The number of rotatable bonds is 10. The number of aliphatic imine (C=N–C) groups is 1. The highest BCUT2D eigenvalue weighted by molar-refractivity contribution is 7.89. The number of nitrogens with one attached hydrogen (secondary N) is 1. The molecule has 1 heterocycles. The van der Waals surface area contributed by atoms with Gasteiger partial charge in [0.1, 0.15) is 6.04 Å². The molecule has 3 rings (SSSR count). The van der Waals surface area contributed by atoms with Gasteiger partial charge in [-0.2, -0.15) is 4.72 Å². The van der Waals surface area contributed by atoms with E-state index in [1.807, 2.05) is 37.2 Å².